The SMILES string of the molecule is CCCCCCCCCCCCOS(=O)(=O)O.NC1=NCC2c3ccccc3Cc3ccccc3N12. The Morgan fingerprint density at radius 2 is 1.50 bits per heavy atom. The quantitative estimate of drug-likeness (QED) is 0.258. The first-order valence-electron chi connectivity index (χ1n) is 13.3. The van der Waals surface area contributed by atoms with Crippen LogP contribution in [0.1, 0.15) is 93.9 Å². The van der Waals surface area contributed by atoms with E-state index in [1.165, 1.54) is 67.3 Å². The van der Waals surface area contributed by atoms with E-state index in [0.717, 1.165) is 25.8 Å². The molecular formula is C28H41N3O4S. The fraction of sp³-hybridized carbons (Fsp3) is 0.536. The third kappa shape index (κ3) is 8.61. The third-order valence-electron chi connectivity index (χ3n) is 6.76. The molecule has 3 N–H and O–H groups in total. The Kier molecular flexibility index (Phi) is 11.2. The van der Waals surface area contributed by atoms with Crippen LogP contribution in [0.15, 0.2) is 53.5 Å². The van der Waals surface area contributed by atoms with Crippen LogP contribution in [0.5, 0.6) is 0 Å². The molecule has 8 heteroatoms. The van der Waals surface area contributed by atoms with Crippen LogP contribution < -0.4 is 10.6 Å². The molecule has 7 nitrogen and oxygen atoms in total. The van der Waals surface area contributed by atoms with E-state index in [0.29, 0.717) is 12.4 Å². The van der Waals surface area contributed by atoms with Gasteiger partial charge < -0.3 is 10.6 Å². The zero-order chi connectivity index (χ0) is 25.8. The molecule has 2 aliphatic heterocycles. The first kappa shape index (κ1) is 28.2. The van der Waals surface area contributed by atoms with Crippen LogP contribution >= 0.6 is 0 Å². The van der Waals surface area contributed by atoms with Gasteiger partial charge in [-0.05, 0) is 35.6 Å². The summed E-state index contributed by atoms with van der Waals surface area (Å²) in [4.78, 5) is 6.62. The number of rotatable bonds is 12. The minimum atomic E-state index is -4.23. The van der Waals surface area contributed by atoms with Crippen LogP contribution in [0.25, 0.3) is 0 Å². The van der Waals surface area contributed by atoms with Crippen LogP contribution in [0, 0.1) is 0 Å². The zero-order valence-corrected chi connectivity index (χ0v) is 22.3. The van der Waals surface area contributed by atoms with E-state index >= 15 is 0 Å². The van der Waals surface area contributed by atoms with E-state index < -0.39 is 10.4 Å². The first-order valence-corrected chi connectivity index (χ1v) is 14.6. The predicted octanol–water partition coefficient (Wildman–Crippen LogP) is 6.19. The normalized spacial score (nSPS) is 16.2. The number of nitrogens with zero attached hydrogens (tertiary/aromatic N) is 2. The Bertz CT molecular complexity index is 1090. The third-order valence-corrected chi connectivity index (χ3v) is 7.23. The maximum Gasteiger partial charge on any atom is 0.397 e. The molecule has 0 aromatic heterocycles. The molecule has 36 heavy (non-hydrogen) atoms. The van der Waals surface area contributed by atoms with Crippen LogP contribution in [0.3, 0.4) is 0 Å². The van der Waals surface area contributed by atoms with Crippen LogP contribution in [0.2, 0.25) is 0 Å². The molecule has 2 aromatic carbocycles. The molecular weight excluding hydrogens is 474 g/mol. The number of para-hydroxylation sites is 1. The highest BCUT2D eigenvalue weighted by molar-refractivity contribution is 7.80. The summed E-state index contributed by atoms with van der Waals surface area (Å²) >= 11 is 0. The molecule has 0 fully saturated rings. The number of anilines is 1. The van der Waals surface area contributed by atoms with Crippen molar-refractivity contribution in [2.75, 3.05) is 18.1 Å². The lowest BCUT2D eigenvalue weighted by Crippen LogP contribution is -2.36. The fourth-order valence-corrected chi connectivity index (χ4v) is 5.23. The molecule has 0 aliphatic carbocycles. The van der Waals surface area contributed by atoms with E-state index in [1.807, 2.05) is 0 Å². The number of unbranched alkanes of at least 4 members (excludes halogenated alkanes) is 9. The van der Waals surface area contributed by atoms with Gasteiger partial charge in [0.2, 0.25) is 0 Å². The molecule has 1 unspecified atom stereocenters. The van der Waals surface area contributed by atoms with E-state index in [2.05, 4.69) is 69.5 Å². The van der Waals surface area contributed by atoms with Crippen LogP contribution in [0.4, 0.5) is 5.69 Å². The molecule has 2 heterocycles. The maximum absolute atomic E-state index is 10.2. The Balaban J connectivity index is 0.000000203. The highest BCUT2D eigenvalue weighted by Gasteiger charge is 2.33. The predicted molar refractivity (Wildman–Crippen MR) is 147 cm³/mol. The van der Waals surface area contributed by atoms with Crippen molar-refractivity contribution < 1.29 is 17.2 Å². The molecule has 0 bridgehead atoms. The van der Waals surface area contributed by atoms with E-state index in [4.69, 9.17) is 10.3 Å². The number of nitrogens with two attached hydrogens (primary N) is 1. The van der Waals surface area contributed by atoms with Crippen molar-refractivity contribution in [3.05, 3.63) is 65.2 Å². The average Bonchev–Trinajstić information content (AvgIpc) is 3.16. The molecule has 0 radical (unpaired) electrons. The van der Waals surface area contributed by atoms with Gasteiger partial charge in [-0.15, -0.1) is 0 Å². The van der Waals surface area contributed by atoms with Gasteiger partial charge >= 0.3 is 10.4 Å². The lowest BCUT2D eigenvalue weighted by molar-refractivity contribution is 0.261. The number of hydrogen-bond acceptors (Lipinski definition) is 6. The summed E-state index contributed by atoms with van der Waals surface area (Å²) in [6.07, 6.45) is 12.8. The molecule has 0 amide bonds. The summed E-state index contributed by atoms with van der Waals surface area (Å²) in [6, 6.07) is 17.3. The molecule has 198 valence electrons. The largest absolute Gasteiger partial charge is 0.397 e. The molecule has 2 aromatic rings. The fourth-order valence-electron chi connectivity index (χ4n) is 4.90. The number of guanidine groups is 1. The van der Waals surface area contributed by atoms with Gasteiger partial charge in [-0.25, -0.2) is 4.18 Å². The second-order valence-electron chi connectivity index (χ2n) is 9.52. The van der Waals surface area contributed by atoms with E-state index in [1.54, 1.807) is 0 Å². The molecule has 2 aliphatic rings. The second-order valence-corrected chi connectivity index (χ2v) is 10.6. The highest BCUT2D eigenvalue weighted by Crippen LogP contribution is 2.39. The Labute approximate surface area is 216 Å². The summed E-state index contributed by atoms with van der Waals surface area (Å²) in [5.74, 6) is 0.633. The number of benzene rings is 2. The van der Waals surface area contributed by atoms with Crippen molar-refractivity contribution >= 4 is 22.0 Å². The summed E-state index contributed by atoms with van der Waals surface area (Å²) in [5.41, 5.74) is 11.4. The highest BCUT2D eigenvalue weighted by atomic mass is 32.3. The molecule has 0 saturated carbocycles. The molecule has 0 spiro atoms. The lowest BCUT2D eigenvalue weighted by Gasteiger charge is -2.26. The minimum absolute atomic E-state index is 0.0926. The van der Waals surface area contributed by atoms with Gasteiger partial charge in [-0.2, -0.15) is 8.42 Å². The first-order chi connectivity index (χ1) is 17.4. The van der Waals surface area contributed by atoms with Crippen LogP contribution in [-0.2, 0) is 21.0 Å². The van der Waals surface area contributed by atoms with Crippen molar-refractivity contribution in [2.24, 2.45) is 10.7 Å². The van der Waals surface area contributed by atoms with Gasteiger partial charge in [0.15, 0.2) is 5.96 Å². The van der Waals surface area contributed by atoms with Crippen molar-refractivity contribution in [3.8, 4) is 0 Å². The monoisotopic (exact) mass is 515 g/mol. The summed E-state index contributed by atoms with van der Waals surface area (Å²) in [7, 11) is -4.23. The van der Waals surface area contributed by atoms with Gasteiger partial charge in [0.25, 0.3) is 0 Å². The van der Waals surface area contributed by atoms with Gasteiger partial charge in [0, 0.05) is 5.69 Å². The topological polar surface area (TPSA) is 105 Å². The maximum atomic E-state index is 10.2. The number of aliphatic imine (C=N–C) groups is 1. The Morgan fingerprint density at radius 1 is 0.917 bits per heavy atom. The second kappa shape index (κ2) is 14.4. The van der Waals surface area contributed by atoms with E-state index in [-0.39, 0.29) is 12.6 Å². The molecule has 0 saturated heterocycles. The minimum Gasteiger partial charge on any atom is -0.369 e. The van der Waals surface area contributed by atoms with E-state index in [9.17, 15) is 8.42 Å². The summed E-state index contributed by atoms with van der Waals surface area (Å²) in [5, 5.41) is 0. The van der Waals surface area contributed by atoms with Crippen LogP contribution in [-0.4, -0.2) is 32.1 Å². The summed E-state index contributed by atoms with van der Waals surface area (Å²) in [6.45, 7) is 3.06. The van der Waals surface area contributed by atoms with Gasteiger partial charge in [-0.1, -0.05) is 107 Å². The Hall–Kier alpha value is -2.42. The van der Waals surface area contributed by atoms with Crippen molar-refractivity contribution in [1.29, 1.82) is 0 Å². The zero-order valence-electron chi connectivity index (χ0n) is 21.4. The number of fused-ring (bicyclic) bond motifs is 5. The van der Waals surface area contributed by atoms with Gasteiger partial charge in [0.1, 0.15) is 0 Å². The Morgan fingerprint density at radius 3 is 2.17 bits per heavy atom. The van der Waals surface area contributed by atoms with Gasteiger partial charge in [-0.3, -0.25) is 9.55 Å². The lowest BCUT2D eigenvalue weighted by atomic mass is 9.97. The molecule has 4 rings (SSSR count). The average molecular weight is 516 g/mol. The summed E-state index contributed by atoms with van der Waals surface area (Å²) < 4.78 is 33.0. The van der Waals surface area contributed by atoms with Crippen molar-refractivity contribution in [2.45, 2.75) is 83.6 Å². The van der Waals surface area contributed by atoms with Crippen molar-refractivity contribution in [1.82, 2.24) is 0 Å². The van der Waals surface area contributed by atoms with Gasteiger partial charge in [0.05, 0.1) is 19.2 Å². The standard InChI is InChI=1S/C16H15N3.C12H26O4S/c17-16-18-10-15-13-7-3-1-5-11(13)9-12-6-2-4-8-14(12)19(15)16;1-2-3-4-5-6-7-8-9-10-11-12-16-17(13,14)15/h1-8,15H,9-10H2,(H2,17,18);2-12H2,1H3,(H,13,14,15). The van der Waals surface area contributed by atoms with Crippen molar-refractivity contribution in [3.63, 3.8) is 0 Å². The molecule has 1 atom stereocenters. The smallest absolute Gasteiger partial charge is 0.369 e. The number of hydrogen-bond donors (Lipinski definition) is 2.